The number of thiazole rings is 1. The fraction of sp³-hybridized carbons (Fsp3) is 0.444. The Kier molecular flexibility index (Phi) is 10.0. The van der Waals surface area contributed by atoms with Crippen LogP contribution in [0.25, 0.3) is 0 Å². The van der Waals surface area contributed by atoms with E-state index in [0.717, 1.165) is 43.2 Å². The zero-order valence-corrected chi connectivity index (χ0v) is 16.5. The Labute approximate surface area is 165 Å². The van der Waals surface area contributed by atoms with E-state index in [1.165, 1.54) is 12.0 Å². The van der Waals surface area contributed by atoms with Crippen LogP contribution in [0.3, 0.4) is 0 Å². The van der Waals surface area contributed by atoms with Gasteiger partial charge in [0.25, 0.3) is 0 Å². The summed E-state index contributed by atoms with van der Waals surface area (Å²) in [4.78, 5) is 16.6. The number of carbonyl (C=O) groups excluding carboxylic acids is 1. The number of carbonyl (C=O) groups is 1. The molecule has 1 atom stereocenters. The van der Waals surface area contributed by atoms with Crippen LogP contribution >= 0.6 is 36.2 Å². The van der Waals surface area contributed by atoms with Crippen molar-refractivity contribution in [3.05, 3.63) is 52.0 Å². The molecule has 1 aliphatic heterocycles. The second-order valence-electron chi connectivity index (χ2n) is 6.07. The first kappa shape index (κ1) is 21.9. The highest BCUT2D eigenvalue weighted by molar-refractivity contribution is 7.09. The molecule has 138 valence electrons. The van der Waals surface area contributed by atoms with Crippen molar-refractivity contribution in [2.24, 2.45) is 5.92 Å². The van der Waals surface area contributed by atoms with Crippen LogP contribution in [0.1, 0.15) is 29.1 Å². The second-order valence-corrected chi connectivity index (χ2v) is 7.01. The summed E-state index contributed by atoms with van der Waals surface area (Å²) >= 11 is 1.63. The average Bonchev–Trinajstić information content (AvgIpc) is 3.21. The average molecular weight is 402 g/mol. The molecule has 0 radical (unpaired) electrons. The first-order valence-electron chi connectivity index (χ1n) is 8.24. The summed E-state index contributed by atoms with van der Waals surface area (Å²) in [6, 6.07) is 10.3. The molecule has 0 saturated carbocycles. The topological polar surface area (TPSA) is 54.0 Å². The molecule has 1 aliphatic rings. The van der Waals surface area contributed by atoms with Gasteiger partial charge in [0.15, 0.2) is 0 Å². The summed E-state index contributed by atoms with van der Waals surface area (Å²) in [5.41, 5.74) is 2.13. The van der Waals surface area contributed by atoms with E-state index in [1.807, 2.05) is 23.6 Å². The lowest BCUT2D eigenvalue weighted by atomic mass is 10.1. The molecule has 1 aromatic carbocycles. The molecule has 2 heterocycles. The largest absolute Gasteiger partial charge is 0.356 e. The molecule has 1 saturated heterocycles. The van der Waals surface area contributed by atoms with E-state index in [-0.39, 0.29) is 30.7 Å². The number of aromatic nitrogens is 1. The molecule has 25 heavy (non-hydrogen) atoms. The van der Waals surface area contributed by atoms with Gasteiger partial charge in [-0.3, -0.25) is 4.79 Å². The standard InChI is InChI=1S/C18H23N3OS.2ClH/c22-17(20-9-7-15-6-8-19-12-15)11-16-13-23-18(21-16)10-14-4-2-1-3-5-14;;/h1-5,13,15,19H,6-12H2,(H,20,22);2*1H. The van der Waals surface area contributed by atoms with E-state index in [2.05, 4.69) is 27.8 Å². The van der Waals surface area contributed by atoms with Crippen molar-refractivity contribution in [1.29, 1.82) is 0 Å². The number of hydrogen-bond acceptors (Lipinski definition) is 4. The fourth-order valence-electron chi connectivity index (χ4n) is 2.89. The van der Waals surface area contributed by atoms with Gasteiger partial charge in [0.05, 0.1) is 17.1 Å². The summed E-state index contributed by atoms with van der Waals surface area (Å²) in [5, 5.41) is 9.43. The maximum atomic E-state index is 12.0. The van der Waals surface area contributed by atoms with Gasteiger partial charge in [-0.1, -0.05) is 30.3 Å². The minimum Gasteiger partial charge on any atom is -0.356 e. The highest BCUT2D eigenvalue weighted by Crippen LogP contribution is 2.15. The number of amides is 1. The molecular weight excluding hydrogens is 377 g/mol. The molecule has 1 fully saturated rings. The Morgan fingerprint density at radius 2 is 2.08 bits per heavy atom. The third-order valence-electron chi connectivity index (χ3n) is 4.18. The highest BCUT2D eigenvalue weighted by Gasteiger charge is 2.14. The predicted molar refractivity (Wildman–Crippen MR) is 108 cm³/mol. The van der Waals surface area contributed by atoms with Crippen LogP contribution in [0.4, 0.5) is 0 Å². The number of nitrogens with zero attached hydrogens (tertiary/aromatic N) is 1. The second kappa shape index (κ2) is 11.5. The maximum absolute atomic E-state index is 12.0. The third-order valence-corrected chi connectivity index (χ3v) is 5.07. The predicted octanol–water partition coefficient (Wildman–Crippen LogP) is 3.24. The van der Waals surface area contributed by atoms with Gasteiger partial charge in [-0.2, -0.15) is 0 Å². The Balaban J connectivity index is 0.00000156. The molecular formula is C18H25Cl2N3OS. The van der Waals surface area contributed by atoms with Crippen LogP contribution in [-0.4, -0.2) is 30.5 Å². The lowest BCUT2D eigenvalue weighted by Crippen LogP contribution is -2.27. The molecule has 1 unspecified atom stereocenters. The Morgan fingerprint density at radius 3 is 2.80 bits per heavy atom. The quantitative estimate of drug-likeness (QED) is 0.748. The maximum Gasteiger partial charge on any atom is 0.226 e. The molecule has 4 nitrogen and oxygen atoms in total. The minimum atomic E-state index is 0. The summed E-state index contributed by atoms with van der Waals surface area (Å²) in [6.45, 7) is 2.97. The number of hydrogen-bond donors (Lipinski definition) is 2. The van der Waals surface area contributed by atoms with Gasteiger partial charge in [0.1, 0.15) is 0 Å². The lowest BCUT2D eigenvalue weighted by Gasteiger charge is -2.08. The van der Waals surface area contributed by atoms with Gasteiger partial charge in [-0.25, -0.2) is 4.98 Å². The van der Waals surface area contributed by atoms with E-state index in [1.54, 1.807) is 11.3 Å². The Bertz CT molecular complexity index is 630. The van der Waals surface area contributed by atoms with Crippen LogP contribution in [0, 0.1) is 5.92 Å². The van der Waals surface area contributed by atoms with Crippen molar-refractivity contribution in [2.45, 2.75) is 25.7 Å². The summed E-state index contributed by atoms with van der Waals surface area (Å²) in [7, 11) is 0. The fourth-order valence-corrected chi connectivity index (χ4v) is 3.71. The molecule has 7 heteroatoms. The van der Waals surface area contributed by atoms with Crippen LogP contribution in [0.5, 0.6) is 0 Å². The van der Waals surface area contributed by atoms with Gasteiger partial charge in [0, 0.05) is 18.3 Å². The van der Waals surface area contributed by atoms with Gasteiger partial charge in [-0.05, 0) is 37.4 Å². The van der Waals surface area contributed by atoms with Crippen LogP contribution in [-0.2, 0) is 17.6 Å². The smallest absolute Gasteiger partial charge is 0.226 e. The van der Waals surface area contributed by atoms with Gasteiger partial charge in [0.2, 0.25) is 5.91 Å². The van der Waals surface area contributed by atoms with Crippen molar-refractivity contribution in [2.75, 3.05) is 19.6 Å². The zero-order valence-electron chi connectivity index (χ0n) is 14.1. The SMILES string of the molecule is Cl.Cl.O=C(Cc1csc(Cc2ccccc2)n1)NCCC1CCNC1. The zero-order chi connectivity index (χ0) is 15.9. The molecule has 0 bridgehead atoms. The van der Waals surface area contributed by atoms with Crippen molar-refractivity contribution in [3.63, 3.8) is 0 Å². The summed E-state index contributed by atoms with van der Waals surface area (Å²) < 4.78 is 0. The first-order chi connectivity index (χ1) is 11.3. The number of halogens is 2. The van der Waals surface area contributed by atoms with Crippen LogP contribution in [0.2, 0.25) is 0 Å². The van der Waals surface area contributed by atoms with E-state index in [0.29, 0.717) is 12.3 Å². The summed E-state index contributed by atoms with van der Waals surface area (Å²) in [6.07, 6.45) is 3.51. The Morgan fingerprint density at radius 1 is 1.28 bits per heavy atom. The summed E-state index contributed by atoms with van der Waals surface area (Å²) in [5.74, 6) is 0.791. The molecule has 0 aliphatic carbocycles. The van der Waals surface area contributed by atoms with Crippen molar-refractivity contribution in [1.82, 2.24) is 15.6 Å². The number of rotatable bonds is 7. The monoisotopic (exact) mass is 401 g/mol. The molecule has 1 amide bonds. The molecule has 3 rings (SSSR count). The van der Waals surface area contributed by atoms with E-state index >= 15 is 0 Å². The normalized spacial score (nSPS) is 15.9. The van der Waals surface area contributed by atoms with Gasteiger partial charge in [-0.15, -0.1) is 36.2 Å². The highest BCUT2D eigenvalue weighted by atomic mass is 35.5. The van der Waals surface area contributed by atoms with Gasteiger partial charge < -0.3 is 10.6 Å². The molecule has 2 aromatic rings. The third kappa shape index (κ3) is 7.32. The molecule has 2 N–H and O–H groups in total. The first-order valence-corrected chi connectivity index (χ1v) is 9.12. The van der Waals surface area contributed by atoms with E-state index in [4.69, 9.17) is 0 Å². The van der Waals surface area contributed by atoms with Crippen molar-refractivity contribution < 1.29 is 4.79 Å². The van der Waals surface area contributed by atoms with E-state index < -0.39 is 0 Å². The van der Waals surface area contributed by atoms with Crippen LogP contribution in [0.15, 0.2) is 35.7 Å². The number of nitrogens with one attached hydrogen (secondary N) is 2. The molecule has 0 spiro atoms. The van der Waals surface area contributed by atoms with Crippen molar-refractivity contribution in [3.8, 4) is 0 Å². The Hall–Kier alpha value is -1.14. The van der Waals surface area contributed by atoms with Gasteiger partial charge >= 0.3 is 0 Å². The number of benzene rings is 1. The lowest BCUT2D eigenvalue weighted by molar-refractivity contribution is -0.120. The molecule has 1 aromatic heterocycles. The van der Waals surface area contributed by atoms with Crippen molar-refractivity contribution >= 4 is 42.1 Å². The van der Waals surface area contributed by atoms with Crippen LogP contribution < -0.4 is 10.6 Å². The van der Waals surface area contributed by atoms with E-state index in [9.17, 15) is 4.79 Å². The minimum absolute atomic E-state index is 0.